The number of benzene rings is 1. The summed E-state index contributed by atoms with van der Waals surface area (Å²) in [6.07, 6.45) is 1.64. The highest BCUT2D eigenvalue weighted by molar-refractivity contribution is 6.30. The molecule has 2 rings (SSSR count). The first-order valence-corrected chi connectivity index (χ1v) is 7.80. The number of anilines is 2. The van der Waals surface area contributed by atoms with E-state index in [0.717, 1.165) is 5.56 Å². The van der Waals surface area contributed by atoms with Gasteiger partial charge in [-0.15, -0.1) is 0 Å². The van der Waals surface area contributed by atoms with Gasteiger partial charge >= 0.3 is 5.97 Å². The summed E-state index contributed by atoms with van der Waals surface area (Å²) in [7, 11) is 0. The van der Waals surface area contributed by atoms with Crippen molar-refractivity contribution in [1.29, 1.82) is 0 Å². The number of halogens is 1. The lowest BCUT2D eigenvalue weighted by atomic mass is 10.2. The molecule has 2 N–H and O–H groups in total. The second kappa shape index (κ2) is 8.31. The number of hydrogen-bond acceptors (Lipinski definition) is 5. The number of ether oxygens (including phenoxy) is 1. The van der Waals surface area contributed by atoms with Crippen molar-refractivity contribution in [2.24, 2.45) is 0 Å². The van der Waals surface area contributed by atoms with Gasteiger partial charge in [0.15, 0.2) is 0 Å². The van der Waals surface area contributed by atoms with Gasteiger partial charge in [-0.2, -0.15) is 0 Å². The fourth-order valence-corrected chi connectivity index (χ4v) is 2.10. The fourth-order valence-electron chi connectivity index (χ4n) is 1.97. The number of aryl methyl sites for hydroxylation is 1. The summed E-state index contributed by atoms with van der Waals surface area (Å²) in [6.45, 7) is 3.87. The standard InChI is InChI=1S/C17H18ClN3O3/c1-3-24-15(22)10-20-16-14(8-11(2)9-19-16)21-17(23)12-4-6-13(18)7-5-12/h4-9H,3,10H2,1-2H3,(H,19,20)(H,21,23). The van der Waals surface area contributed by atoms with Crippen molar-refractivity contribution in [1.82, 2.24) is 4.98 Å². The van der Waals surface area contributed by atoms with Crippen LogP contribution in [0.2, 0.25) is 5.02 Å². The fraction of sp³-hybridized carbons (Fsp3) is 0.235. The molecular weight excluding hydrogens is 330 g/mol. The Labute approximate surface area is 145 Å². The summed E-state index contributed by atoms with van der Waals surface area (Å²) in [5, 5.41) is 6.21. The van der Waals surface area contributed by atoms with Crippen LogP contribution in [0.3, 0.4) is 0 Å². The third-order valence-electron chi connectivity index (χ3n) is 3.08. The monoisotopic (exact) mass is 347 g/mol. The van der Waals surface area contributed by atoms with Crippen LogP contribution >= 0.6 is 11.6 Å². The van der Waals surface area contributed by atoms with Crippen LogP contribution in [-0.4, -0.2) is 30.0 Å². The van der Waals surface area contributed by atoms with E-state index in [1.807, 2.05) is 6.92 Å². The molecule has 24 heavy (non-hydrogen) atoms. The number of aromatic nitrogens is 1. The summed E-state index contributed by atoms with van der Waals surface area (Å²) in [6, 6.07) is 8.32. The topological polar surface area (TPSA) is 80.3 Å². The van der Waals surface area contributed by atoms with E-state index in [1.165, 1.54) is 0 Å². The highest BCUT2D eigenvalue weighted by Gasteiger charge is 2.12. The molecule has 1 heterocycles. The molecule has 0 unspecified atom stereocenters. The van der Waals surface area contributed by atoms with Crippen LogP contribution in [0.25, 0.3) is 0 Å². The first-order chi connectivity index (χ1) is 11.5. The second-order valence-corrected chi connectivity index (χ2v) is 5.46. The van der Waals surface area contributed by atoms with Crippen molar-refractivity contribution in [2.75, 3.05) is 23.8 Å². The average molecular weight is 348 g/mol. The van der Waals surface area contributed by atoms with E-state index in [2.05, 4.69) is 15.6 Å². The number of nitrogens with one attached hydrogen (secondary N) is 2. The van der Waals surface area contributed by atoms with Gasteiger partial charge in [-0.1, -0.05) is 11.6 Å². The van der Waals surface area contributed by atoms with E-state index in [9.17, 15) is 9.59 Å². The van der Waals surface area contributed by atoms with Gasteiger partial charge in [0.1, 0.15) is 12.4 Å². The van der Waals surface area contributed by atoms with Crippen LogP contribution in [0.5, 0.6) is 0 Å². The van der Waals surface area contributed by atoms with E-state index < -0.39 is 5.97 Å². The molecule has 0 aliphatic carbocycles. The lowest BCUT2D eigenvalue weighted by Crippen LogP contribution is -2.19. The Morgan fingerprint density at radius 2 is 1.96 bits per heavy atom. The van der Waals surface area contributed by atoms with Crippen LogP contribution in [0.15, 0.2) is 36.5 Å². The number of amides is 1. The smallest absolute Gasteiger partial charge is 0.325 e. The summed E-state index contributed by atoms with van der Waals surface area (Å²) in [5.74, 6) is -0.288. The molecule has 0 spiro atoms. The maximum atomic E-state index is 12.3. The van der Waals surface area contributed by atoms with E-state index in [0.29, 0.717) is 28.7 Å². The van der Waals surface area contributed by atoms with Gasteiger partial charge in [-0.3, -0.25) is 9.59 Å². The minimum Gasteiger partial charge on any atom is -0.465 e. The predicted octanol–water partition coefficient (Wildman–Crippen LogP) is 3.27. The Morgan fingerprint density at radius 1 is 1.25 bits per heavy atom. The van der Waals surface area contributed by atoms with Crippen LogP contribution in [0.1, 0.15) is 22.8 Å². The third-order valence-corrected chi connectivity index (χ3v) is 3.34. The number of pyridine rings is 1. The molecule has 6 nitrogen and oxygen atoms in total. The number of nitrogens with zero attached hydrogens (tertiary/aromatic N) is 1. The lowest BCUT2D eigenvalue weighted by molar-refractivity contribution is -0.140. The molecule has 0 fully saturated rings. The van der Waals surface area contributed by atoms with Crippen molar-refractivity contribution in [3.63, 3.8) is 0 Å². The quantitative estimate of drug-likeness (QED) is 0.784. The van der Waals surface area contributed by atoms with E-state index in [-0.39, 0.29) is 12.5 Å². The average Bonchev–Trinajstić information content (AvgIpc) is 2.55. The van der Waals surface area contributed by atoms with Gasteiger partial charge in [0.05, 0.1) is 12.3 Å². The Kier molecular flexibility index (Phi) is 6.14. The maximum absolute atomic E-state index is 12.3. The molecule has 0 aliphatic rings. The maximum Gasteiger partial charge on any atom is 0.325 e. The zero-order valence-electron chi connectivity index (χ0n) is 13.4. The minimum atomic E-state index is -0.394. The summed E-state index contributed by atoms with van der Waals surface area (Å²) in [5.41, 5.74) is 1.83. The normalized spacial score (nSPS) is 10.1. The molecule has 0 saturated heterocycles. The van der Waals surface area contributed by atoms with E-state index in [1.54, 1.807) is 43.5 Å². The molecule has 0 saturated carbocycles. The molecule has 1 aromatic carbocycles. The number of rotatable bonds is 6. The van der Waals surface area contributed by atoms with Crippen molar-refractivity contribution >= 4 is 35.0 Å². The van der Waals surface area contributed by atoms with Crippen molar-refractivity contribution in [3.05, 3.63) is 52.7 Å². The van der Waals surface area contributed by atoms with E-state index >= 15 is 0 Å². The molecule has 0 bridgehead atoms. The van der Waals surface area contributed by atoms with Crippen molar-refractivity contribution in [3.8, 4) is 0 Å². The van der Waals surface area contributed by atoms with Crippen LogP contribution in [0, 0.1) is 6.92 Å². The predicted molar refractivity (Wildman–Crippen MR) is 93.5 cm³/mol. The van der Waals surface area contributed by atoms with Crippen molar-refractivity contribution < 1.29 is 14.3 Å². The van der Waals surface area contributed by atoms with Gasteiger partial charge in [0, 0.05) is 16.8 Å². The zero-order chi connectivity index (χ0) is 17.5. The lowest BCUT2D eigenvalue weighted by Gasteiger charge is -2.12. The molecule has 7 heteroatoms. The Balaban J connectivity index is 2.13. The number of carbonyl (C=O) groups is 2. The van der Waals surface area contributed by atoms with Crippen LogP contribution in [0.4, 0.5) is 11.5 Å². The summed E-state index contributed by atoms with van der Waals surface area (Å²) in [4.78, 5) is 28.0. The summed E-state index contributed by atoms with van der Waals surface area (Å²) >= 11 is 5.82. The molecule has 1 amide bonds. The third kappa shape index (κ3) is 4.96. The largest absolute Gasteiger partial charge is 0.465 e. The highest BCUT2D eigenvalue weighted by Crippen LogP contribution is 2.21. The number of hydrogen-bond donors (Lipinski definition) is 2. The molecular formula is C17H18ClN3O3. The molecule has 1 aromatic heterocycles. The van der Waals surface area contributed by atoms with Gasteiger partial charge in [0.25, 0.3) is 5.91 Å². The highest BCUT2D eigenvalue weighted by atomic mass is 35.5. The minimum absolute atomic E-state index is 0.0340. The van der Waals surface area contributed by atoms with Gasteiger partial charge in [0.2, 0.25) is 0 Å². The van der Waals surface area contributed by atoms with Gasteiger partial charge in [-0.25, -0.2) is 4.98 Å². The number of esters is 1. The Bertz CT molecular complexity index is 732. The van der Waals surface area contributed by atoms with E-state index in [4.69, 9.17) is 16.3 Å². The first-order valence-electron chi connectivity index (χ1n) is 7.42. The van der Waals surface area contributed by atoms with Crippen molar-refractivity contribution in [2.45, 2.75) is 13.8 Å². The first kappa shape index (κ1) is 17.7. The summed E-state index contributed by atoms with van der Waals surface area (Å²) < 4.78 is 4.86. The second-order valence-electron chi connectivity index (χ2n) is 5.03. The van der Waals surface area contributed by atoms with Crippen LogP contribution in [-0.2, 0) is 9.53 Å². The van der Waals surface area contributed by atoms with Gasteiger partial charge in [-0.05, 0) is 49.7 Å². The van der Waals surface area contributed by atoms with Gasteiger partial charge < -0.3 is 15.4 Å². The van der Waals surface area contributed by atoms with Crippen LogP contribution < -0.4 is 10.6 Å². The molecule has 0 atom stereocenters. The molecule has 0 radical (unpaired) electrons. The molecule has 2 aromatic rings. The Hall–Kier alpha value is -2.60. The molecule has 126 valence electrons. The SMILES string of the molecule is CCOC(=O)CNc1ncc(C)cc1NC(=O)c1ccc(Cl)cc1. The number of carbonyl (C=O) groups excluding carboxylic acids is 2. The Morgan fingerprint density at radius 3 is 2.62 bits per heavy atom. The molecule has 0 aliphatic heterocycles. The zero-order valence-corrected chi connectivity index (χ0v) is 14.2.